The molecule has 1 atom stereocenters. The van der Waals surface area contributed by atoms with Crippen molar-refractivity contribution in [2.24, 2.45) is 4.99 Å². The molecule has 0 aliphatic carbocycles. The summed E-state index contributed by atoms with van der Waals surface area (Å²) in [7, 11) is 3.21. The van der Waals surface area contributed by atoms with E-state index in [9.17, 15) is 5.11 Å². The molecule has 0 aromatic heterocycles. The van der Waals surface area contributed by atoms with Gasteiger partial charge in [0.1, 0.15) is 5.75 Å². The molecule has 2 aromatic carbocycles. The third-order valence-electron chi connectivity index (χ3n) is 3.97. The van der Waals surface area contributed by atoms with Gasteiger partial charge in [-0.05, 0) is 43.7 Å². The molecular formula is C21H30IN3O4. The first-order valence-corrected chi connectivity index (χ1v) is 9.29. The number of anilines is 1. The Balaban J connectivity index is 0.00000420. The average molecular weight is 515 g/mol. The number of halogens is 1. The van der Waals surface area contributed by atoms with E-state index < -0.39 is 6.10 Å². The summed E-state index contributed by atoms with van der Waals surface area (Å²) in [5.41, 5.74) is 1.56. The van der Waals surface area contributed by atoms with E-state index in [1.807, 2.05) is 50.2 Å². The fourth-order valence-electron chi connectivity index (χ4n) is 2.60. The largest absolute Gasteiger partial charge is 0.497 e. The van der Waals surface area contributed by atoms with Crippen LogP contribution in [0.3, 0.4) is 0 Å². The van der Waals surface area contributed by atoms with Gasteiger partial charge in [-0.1, -0.05) is 12.1 Å². The van der Waals surface area contributed by atoms with E-state index in [1.54, 1.807) is 20.3 Å². The van der Waals surface area contributed by atoms with E-state index in [4.69, 9.17) is 14.2 Å². The Labute approximate surface area is 189 Å². The lowest BCUT2D eigenvalue weighted by atomic mass is 10.1. The van der Waals surface area contributed by atoms with Crippen LogP contribution in [0.15, 0.2) is 47.5 Å². The van der Waals surface area contributed by atoms with Crippen LogP contribution in [0.5, 0.6) is 17.2 Å². The first-order chi connectivity index (χ1) is 13.6. The number of aliphatic hydroxyl groups excluding tert-OH is 1. The highest BCUT2D eigenvalue weighted by Gasteiger charge is 2.10. The van der Waals surface area contributed by atoms with Crippen LogP contribution in [-0.4, -0.2) is 45.0 Å². The zero-order chi connectivity index (χ0) is 20.4. The number of aliphatic hydroxyl groups is 1. The van der Waals surface area contributed by atoms with Crippen molar-refractivity contribution in [1.29, 1.82) is 0 Å². The van der Waals surface area contributed by atoms with Crippen molar-refractivity contribution >= 4 is 35.6 Å². The second-order valence-corrected chi connectivity index (χ2v) is 5.94. The molecule has 0 radical (unpaired) electrons. The minimum Gasteiger partial charge on any atom is -0.497 e. The highest BCUT2D eigenvalue weighted by atomic mass is 127. The molecule has 0 aliphatic rings. The molecule has 0 bridgehead atoms. The molecule has 2 aromatic rings. The van der Waals surface area contributed by atoms with Gasteiger partial charge < -0.3 is 30.0 Å². The molecule has 0 fully saturated rings. The van der Waals surface area contributed by atoms with Crippen LogP contribution in [0.4, 0.5) is 5.69 Å². The zero-order valence-electron chi connectivity index (χ0n) is 17.3. The quantitative estimate of drug-likeness (QED) is 0.268. The van der Waals surface area contributed by atoms with Gasteiger partial charge in [0.15, 0.2) is 17.5 Å². The summed E-state index contributed by atoms with van der Waals surface area (Å²) < 4.78 is 16.1. The Morgan fingerprint density at radius 1 is 1.07 bits per heavy atom. The lowest BCUT2D eigenvalue weighted by molar-refractivity contribution is 0.187. The summed E-state index contributed by atoms with van der Waals surface area (Å²) in [6.07, 6.45) is -0.736. The van der Waals surface area contributed by atoms with Gasteiger partial charge in [0, 0.05) is 18.3 Å². The number of rotatable bonds is 9. The van der Waals surface area contributed by atoms with Crippen LogP contribution in [-0.2, 0) is 0 Å². The Bertz CT molecular complexity index is 786. The maximum atomic E-state index is 10.5. The average Bonchev–Trinajstić information content (AvgIpc) is 2.72. The second kappa shape index (κ2) is 13.1. The maximum Gasteiger partial charge on any atom is 0.195 e. The molecule has 29 heavy (non-hydrogen) atoms. The number of ether oxygens (including phenoxy) is 3. The summed E-state index contributed by atoms with van der Waals surface area (Å²) in [4.78, 5) is 4.49. The fraction of sp³-hybridized carbons (Fsp3) is 0.381. The molecule has 1 unspecified atom stereocenters. The van der Waals surface area contributed by atoms with Crippen molar-refractivity contribution in [2.75, 3.05) is 39.2 Å². The van der Waals surface area contributed by atoms with Crippen molar-refractivity contribution in [3.8, 4) is 17.2 Å². The van der Waals surface area contributed by atoms with E-state index in [-0.39, 0.29) is 30.5 Å². The van der Waals surface area contributed by atoms with Crippen LogP contribution in [0.2, 0.25) is 0 Å². The molecule has 0 amide bonds. The molecule has 0 heterocycles. The van der Waals surface area contributed by atoms with Crippen molar-refractivity contribution in [2.45, 2.75) is 20.0 Å². The number of aliphatic imine (C=N–C) groups is 1. The number of nitrogens with zero attached hydrogens (tertiary/aromatic N) is 1. The smallest absolute Gasteiger partial charge is 0.195 e. The van der Waals surface area contributed by atoms with E-state index in [1.165, 1.54) is 0 Å². The molecule has 160 valence electrons. The first kappa shape index (κ1) is 24.8. The van der Waals surface area contributed by atoms with E-state index in [0.29, 0.717) is 36.4 Å². The summed E-state index contributed by atoms with van der Waals surface area (Å²) in [5, 5.41) is 16.8. The van der Waals surface area contributed by atoms with Crippen molar-refractivity contribution in [3.63, 3.8) is 0 Å². The van der Waals surface area contributed by atoms with E-state index in [0.717, 1.165) is 11.3 Å². The summed E-state index contributed by atoms with van der Waals surface area (Å²) >= 11 is 0. The number of benzene rings is 2. The van der Waals surface area contributed by atoms with E-state index in [2.05, 4.69) is 15.6 Å². The van der Waals surface area contributed by atoms with Crippen molar-refractivity contribution in [3.05, 3.63) is 48.0 Å². The predicted molar refractivity (Wildman–Crippen MR) is 127 cm³/mol. The van der Waals surface area contributed by atoms with Gasteiger partial charge in [0.25, 0.3) is 0 Å². The Morgan fingerprint density at radius 2 is 1.86 bits per heavy atom. The topological polar surface area (TPSA) is 84.3 Å². The lowest BCUT2D eigenvalue weighted by Crippen LogP contribution is -2.31. The van der Waals surface area contributed by atoms with Gasteiger partial charge in [-0.3, -0.25) is 0 Å². The Morgan fingerprint density at radius 3 is 2.52 bits per heavy atom. The normalized spacial score (nSPS) is 11.8. The molecule has 8 heteroatoms. The van der Waals surface area contributed by atoms with Crippen molar-refractivity contribution in [1.82, 2.24) is 5.32 Å². The zero-order valence-corrected chi connectivity index (χ0v) is 19.6. The lowest BCUT2D eigenvalue weighted by Gasteiger charge is -2.15. The number of nitrogens with one attached hydrogen (secondary N) is 2. The summed E-state index contributed by atoms with van der Waals surface area (Å²) in [6, 6.07) is 12.9. The molecule has 0 spiro atoms. The summed E-state index contributed by atoms with van der Waals surface area (Å²) in [5.74, 6) is 2.59. The highest BCUT2D eigenvalue weighted by Crippen LogP contribution is 2.30. The molecule has 0 saturated carbocycles. The minimum absolute atomic E-state index is 0. The molecule has 0 saturated heterocycles. The molecular weight excluding hydrogens is 485 g/mol. The van der Waals surface area contributed by atoms with Gasteiger partial charge in [0.2, 0.25) is 0 Å². The third-order valence-corrected chi connectivity index (χ3v) is 3.97. The Hall–Kier alpha value is -2.20. The number of hydrogen-bond acceptors (Lipinski definition) is 5. The standard InChI is InChI=1S/C21H29N3O4.HI/c1-5-22-21(23-14-18(25)15-8-7-9-17(12-15)26-3)24-16-10-11-19(27-4)20(13-16)28-6-2;/h7-13,18,25H,5-6,14H2,1-4H3,(H2,22,23,24);1H. The number of hydrogen-bond donors (Lipinski definition) is 3. The van der Waals surface area contributed by atoms with E-state index >= 15 is 0 Å². The third kappa shape index (κ3) is 7.62. The molecule has 3 N–H and O–H groups in total. The SMILES string of the molecule is CCNC(=NCC(O)c1cccc(OC)c1)Nc1ccc(OC)c(OCC)c1.I. The van der Waals surface area contributed by atoms with Crippen LogP contribution >= 0.6 is 24.0 Å². The molecule has 2 rings (SSSR count). The van der Waals surface area contributed by atoms with Gasteiger partial charge in [-0.2, -0.15) is 0 Å². The molecule has 7 nitrogen and oxygen atoms in total. The van der Waals surface area contributed by atoms with Crippen LogP contribution in [0.25, 0.3) is 0 Å². The predicted octanol–water partition coefficient (Wildman–Crippen LogP) is 3.83. The van der Waals surface area contributed by atoms with Gasteiger partial charge in [-0.25, -0.2) is 4.99 Å². The number of guanidine groups is 1. The maximum absolute atomic E-state index is 10.5. The van der Waals surface area contributed by atoms with Gasteiger partial charge in [0.05, 0.1) is 33.5 Å². The number of methoxy groups -OCH3 is 2. The van der Waals surface area contributed by atoms with Crippen LogP contribution < -0.4 is 24.8 Å². The highest BCUT2D eigenvalue weighted by molar-refractivity contribution is 14.0. The summed E-state index contributed by atoms with van der Waals surface area (Å²) in [6.45, 7) is 5.34. The minimum atomic E-state index is -0.736. The van der Waals surface area contributed by atoms with Gasteiger partial charge in [-0.15, -0.1) is 24.0 Å². The fourth-order valence-corrected chi connectivity index (χ4v) is 2.60. The first-order valence-electron chi connectivity index (χ1n) is 9.29. The monoisotopic (exact) mass is 515 g/mol. The Kier molecular flexibility index (Phi) is 11.2. The van der Waals surface area contributed by atoms with Crippen molar-refractivity contribution < 1.29 is 19.3 Å². The van der Waals surface area contributed by atoms with Crippen LogP contribution in [0.1, 0.15) is 25.5 Å². The second-order valence-electron chi connectivity index (χ2n) is 5.94. The van der Waals surface area contributed by atoms with Crippen LogP contribution in [0, 0.1) is 0 Å². The van der Waals surface area contributed by atoms with Gasteiger partial charge >= 0.3 is 0 Å². The molecule has 0 aliphatic heterocycles.